The average Bonchev–Trinajstić information content (AvgIpc) is 2.32. The van der Waals surface area contributed by atoms with E-state index in [0.29, 0.717) is 16.5 Å². The van der Waals surface area contributed by atoms with Crippen molar-refractivity contribution in [3.05, 3.63) is 59.1 Å². The van der Waals surface area contributed by atoms with E-state index in [1.54, 1.807) is 24.3 Å². The summed E-state index contributed by atoms with van der Waals surface area (Å²) in [5.74, 6) is 0.406. The van der Waals surface area contributed by atoms with E-state index < -0.39 is 10.8 Å². The second-order valence-corrected chi connectivity index (χ2v) is 5.51. The quantitative estimate of drug-likeness (QED) is 0.866. The van der Waals surface area contributed by atoms with E-state index in [0.717, 1.165) is 10.5 Å². The predicted molar refractivity (Wildman–Crippen MR) is 72.4 cm³/mol. The van der Waals surface area contributed by atoms with Crippen molar-refractivity contribution in [2.24, 2.45) is 0 Å². The molecule has 0 aliphatic carbocycles. The minimum absolute atomic E-state index is 0.406. The Hall–Kier alpha value is -1.32. The van der Waals surface area contributed by atoms with E-state index in [-0.39, 0.29) is 0 Å². The Bertz CT molecular complexity index is 557. The second kappa shape index (κ2) is 5.34. The van der Waals surface area contributed by atoms with Gasteiger partial charge in [-0.05, 0) is 29.8 Å². The zero-order valence-electron chi connectivity index (χ0n) is 9.10. The highest BCUT2D eigenvalue weighted by atomic mass is 35.5. The van der Waals surface area contributed by atoms with Crippen molar-refractivity contribution in [2.45, 2.75) is 10.6 Å². The molecule has 0 fully saturated rings. The molecule has 88 valence electrons. The zero-order valence-corrected chi connectivity index (χ0v) is 10.7. The summed E-state index contributed by atoms with van der Waals surface area (Å²) in [5.41, 5.74) is 7.16. The van der Waals surface area contributed by atoms with Crippen LogP contribution in [0.5, 0.6) is 0 Å². The molecule has 0 bridgehead atoms. The van der Waals surface area contributed by atoms with Gasteiger partial charge < -0.3 is 5.73 Å². The first-order valence-electron chi connectivity index (χ1n) is 5.14. The summed E-state index contributed by atoms with van der Waals surface area (Å²) in [4.78, 5) is 0.727. The molecule has 2 N–H and O–H groups in total. The lowest BCUT2D eigenvalue weighted by Gasteiger charge is -2.05. The Morgan fingerprint density at radius 3 is 2.59 bits per heavy atom. The largest absolute Gasteiger partial charge is 0.399 e. The van der Waals surface area contributed by atoms with Crippen LogP contribution >= 0.6 is 11.6 Å². The molecular weight excluding hydrogens is 254 g/mol. The summed E-state index contributed by atoms with van der Waals surface area (Å²) in [7, 11) is -1.12. The van der Waals surface area contributed by atoms with Crippen LogP contribution in [0.1, 0.15) is 5.56 Å². The van der Waals surface area contributed by atoms with E-state index >= 15 is 0 Å². The fourth-order valence-corrected chi connectivity index (χ4v) is 2.98. The third kappa shape index (κ3) is 3.08. The average molecular weight is 266 g/mol. The van der Waals surface area contributed by atoms with E-state index in [1.807, 2.05) is 24.3 Å². The summed E-state index contributed by atoms with van der Waals surface area (Å²) >= 11 is 6.03. The van der Waals surface area contributed by atoms with Crippen LogP contribution in [0.4, 0.5) is 5.69 Å². The lowest BCUT2D eigenvalue weighted by Crippen LogP contribution is -1.98. The molecule has 1 unspecified atom stereocenters. The van der Waals surface area contributed by atoms with Gasteiger partial charge in [0, 0.05) is 15.6 Å². The van der Waals surface area contributed by atoms with Crippen molar-refractivity contribution in [1.82, 2.24) is 0 Å². The first-order valence-corrected chi connectivity index (χ1v) is 6.84. The lowest BCUT2D eigenvalue weighted by molar-refractivity contribution is 0.682. The molecule has 0 aliphatic heterocycles. The van der Waals surface area contributed by atoms with Crippen molar-refractivity contribution in [2.75, 3.05) is 5.73 Å². The number of benzene rings is 2. The highest BCUT2D eigenvalue weighted by molar-refractivity contribution is 7.84. The first kappa shape index (κ1) is 12.1. The summed E-state index contributed by atoms with van der Waals surface area (Å²) in [6.45, 7) is 0. The van der Waals surface area contributed by atoms with Gasteiger partial charge in [-0.1, -0.05) is 35.9 Å². The van der Waals surface area contributed by atoms with Crippen LogP contribution in [-0.4, -0.2) is 4.21 Å². The Kier molecular flexibility index (Phi) is 3.82. The van der Waals surface area contributed by atoms with Gasteiger partial charge >= 0.3 is 0 Å². The van der Waals surface area contributed by atoms with Crippen LogP contribution in [0.25, 0.3) is 0 Å². The maximum Gasteiger partial charge on any atom is 0.0575 e. The maximum atomic E-state index is 12.1. The number of rotatable bonds is 3. The van der Waals surface area contributed by atoms with Crippen molar-refractivity contribution in [3.8, 4) is 0 Å². The fourth-order valence-electron chi connectivity index (χ4n) is 1.50. The normalized spacial score (nSPS) is 12.3. The second-order valence-electron chi connectivity index (χ2n) is 3.65. The number of nitrogens with two attached hydrogens (primary N) is 1. The van der Waals surface area contributed by atoms with Gasteiger partial charge in [-0.15, -0.1) is 0 Å². The van der Waals surface area contributed by atoms with Gasteiger partial charge in [-0.2, -0.15) is 0 Å². The van der Waals surface area contributed by atoms with Crippen molar-refractivity contribution in [1.29, 1.82) is 0 Å². The molecule has 0 saturated carbocycles. The van der Waals surface area contributed by atoms with Gasteiger partial charge in [0.2, 0.25) is 0 Å². The molecule has 0 aromatic heterocycles. The van der Waals surface area contributed by atoms with E-state index in [4.69, 9.17) is 17.3 Å². The molecule has 0 spiro atoms. The number of hydrogen-bond acceptors (Lipinski definition) is 2. The Morgan fingerprint density at radius 1 is 1.12 bits per heavy atom. The third-order valence-electron chi connectivity index (χ3n) is 2.37. The Labute approximate surface area is 108 Å². The van der Waals surface area contributed by atoms with Crippen LogP contribution in [0.15, 0.2) is 53.4 Å². The molecule has 0 amide bonds. The van der Waals surface area contributed by atoms with Crippen molar-refractivity contribution in [3.63, 3.8) is 0 Å². The van der Waals surface area contributed by atoms with Crippen LogP contribution in [0.3, 0.4) is 0 Å². The van der Waals surface area contributed by atoms with E-state index in [9.17, 15) is 4.21 Å². The van der Waals surface area contributed by atoms with Crippen molar-refractivity contribution >= 4 is 28.1 Å². The number of halogens is 1. The molecular formula is C13H12ClNOS. The van der Waals surface area contributed by atoms with Gasteiger partial charge in [-0.3, -0.25) is 4.21 Å². The fraction of sp³-hybridized carbons (Fsp3) is 0.0769. The summed E-state index contributed by atoms with van der Waals surface area (Å²) in [5, 5.41) is 0.643. The van der Waals surface area contributed by atoms with Crippen LogP contribution in [-0.2, 0) is 16.6 Å². The molecule has 0 saturated heterocycles. The van der Waals surface area contributed by atoms with Gasteiger partial charge in [0.05, 0.1) is 16.6 Å². The molecule has 4 heteroatoms. The van der Waals surface area contributed by atoms with Crippen LogP contribution < -0.4 is 5.73 Å². The summed E-state index contributed by atoms with van der Waals surface area (Å²) in [6, 6.07) is 14.5. The zero-order chi connectivity index (χ0) is 12.3. The molecule has 0 aliphatic rings. The van der Waals surface area contributed by atoms with Gasteiger partial charge in [-0.25, -0.2) is 0 Å². The minimum atomic E-state index is -1.12. The molecule has 0 radical (unpaired) electrons. The molecule has 17 heavy (non-hydrogen) atoms. The topological polar surface area (TPSA) is 43.1 Å². The first-order chi connectivity index (χ1) is 8.16. The molecule has 2 rings (SSSR count). The predicted octanol–water partition coefficient (Wildman–Crippen LogP) is 3.23. The third-order valence-corrected chi connectivity index (χ3v) is 4.09. The standard InChI is InChI=1S/C13H12ClNOS/c14-13-7-2-1-4-10(13)9-17(16)12-6-3-5-11(15)8-12/h1-8H,9,15H2. The Morgan fingerprint density at radius 2 is 1.88 bits per heavy atom. The van der Waals surface area contributed by atoms with Gasteiger partial charge in [0.1, 0.15) is 0 Å². The highest BCUT2D eigenvalue weighted by Gasteiger charge is 2.07. The minimum Gasteiger partial charge on any atom is -0.399 e. The molecule has 2 aromatic carbocycles. The number of nitrogen functional groups attached to an aromatic ring is 1. The Balaban J connectivity index is 2.20. The number of anilines is 1. The van der Waals surface area contributed by atoms with Gasteiger partial charge in [0.25, 0.3) is 0 Å². The maximum absolute atomic E-state index is 12.1. The lowest BCUT2D eigenvalue weighted by atomic mass is 10.2. The van der Waals surface area contributed by atoms with Crippen LogP contribution in [0.2, 0.25) is 5.02 Å². The summed E-state index contributed by atoms with van der Waals surface area (Å²) in [6.07, 6.45) is 0. The molecule has 2 nitrogen and oxygen atoms in total. The molecule has 1 atom stereocenters. The monoisotopic (exact) mass is 265 g/mol. The number of hydrogen-bond donors (Lipinski definition) is 1. The highest BCUT2D eigenvalue weighted by Crippen LogP contribution is 2.20. The smallest absolute Gasteiger partial charge is 0.0575 e. The van der Waals surface area contributed by atoms with E-state index in [1.165, 1.54) is 0 Å². The van der Waals surface area contributed by atoms with Gasteiger partial charge in [0.15, 0.2) is 0 Å². The van der Waals surface area contributed by atoms with Crippen LogP contribution in [0, 0.1) is 0 Å². The molecule has 2 aromatic rings. The van der Waals surface area contributed by atoms with Crippen molar-refractivity contribution < 1.29 is 4.21 Å². The summed E-state index contributed by atoms with van der Waals surface area (Å²) < 4.78 is 12.1. The SMILES string of the molecule is Nc1cccc(S(=O)Cc2ccccc2Cl)c1. The molecule has 0 heterocycles. The van der Waals surface area contributed by atoms with E-state index in [2.05, 4.69) is 0 Å².